The van der Waals surface area contributed by atoms with Gasteiger partial charge in [-0.3, -0.25) is 9.59 Å². The molecule has 0 aliphatic heterocycles. The lowest BCUT2D eigenvalue weighted by atomic mass is 9.64. The van der Waals surface area contributed by atoms with Crippen LogP contribution in [0.3, 0.4) is 0 Å². The molecule has 0 unspecified atom stereocenters. The van der Waals surface area contributed by atoms with Gasteiger partial charge >= 0.3 is 11.9 Å². The lowest BCUT2D eigenvalue weighted by Gasteiger charge is -2.38. The Bertz CT molecular complexity index is 502. The van der Waals surface area contributed by atoms with Gasteiger partial charge in [-0.25, -0.2) is 0 Å². The zero-order valence-corrected chi connectivity index (χ0v) is 9.72. The molecule has 1 aromatic carbocycles. The van der Waals surface area contributed by atoms with Crippen LogP contribution in [-0.4, -0.2) is 27.3 Å². The van der Waals surface area contributed by atoms with Crippen LogP contribution >= 0.6 is 0 Å². The van der Waals surface area contributed by atoms with Crippen LogP contribution < -0.4 is 0 Å². The third-order valence-corrected chi connectivity index (χ3v) is 3.59. The Morgan fingerprint density at radius 3 is 2.33 bits per heavy atom. The predicted molar refractivity (Wildman–Crippen MR) is 62.6 cm³/mol. The molecule has 18 heavy (non-hydrogen) atoms. The normalized spacial score (nSPS) is 16.9. The van der Waals surface area contributed by atoms with E-state index in [1.54, 1.807) is 12.1 Å². The van der Waals surface area contributed by atoms with E-state index in [1.807, 2.05) is 0 Å². The highest BCUT2D eigenvalue weighted by molar-refractivity contribution is 5.84. The van der Waals surface area contributed by atoms with Crippen LogP contribution in [0.5, 0.6) is 5.75 Å². The van der Waals surface area contributed by atoms with Crippen molar-refractivity contribution in [2.45, 2.75) is 31.1 Å². The van der Waals surface area contributed by atoms with E-state index in [0.717, 1.165) is 6.42 Å². The average molecular weight is 250 g/mol. The van der Waals surface area contributed by atoms with Gasteiger partial charge in [0.2, 0.25) is 0 Å². The van der Waals surface area contributed by atoms with Crippen LogP contribution in [0.1, 0.15) is 30.4 Å². The Kier molecular flexibility index (Phi) is 2.98. The molecule has 0 saturated heterocycles. The van der Waals surface area contributed by atoms with Crippen LogP contribution in [0.2, 0.25) is 0 Å². The molecule has 96 valence electrons. The number of phenols is 1. The minimum atomic E-state index is -1.06. The van der Waals surface area contributed by atoms with Crippen LogP contribution in [-0.2, 0) is 21.4 Å². The standard InChI is InChI=1S/C13H14O5/c14-10(15)7-8-3-1-4-9(11(8)16)13(12(17)18)5-2-6-13/h1,3-4,16H,2,5-7H2,(H,14,15)(H,17,18). The molecule has 5 nitrogen and oxygen atoms in total. The molecule has 0 heterocycles. The number of rotatable bonds is 4. The first-order chi connectivity index (χ1) is 8.47. The van der Waals surface area contributed by atoms with Crippen molar-refractivity contribution < 1.29 is 24.9 Å². The van der Waals surface area contributed by atoms with Gasteiger partial charge in [-0.15, -0.1) is 0 Å². The molecular formula is C13H14O5. The van der Waals surface area contributed by atoms with E-state index < -0.39 is 17.4 Å². The smallest absolute Gasteiger partial charge is 0.314 e. The van der Waals surface area contributed by atoms with Gasteiger partial charge < -0.3 is 15.3 Å². The third kappa shape index (κ3) is 1.81. The maximum absolute atomic E-state index is 11.4. The van der Waals surface area contributed by atoms with Crippen molar-refractivity contribution in [2.75, 3.05) is 0 Å². The third-order valence-electron chi connectivity index (χ3n) is 3.59. The van der Waals surface area contributed by atoms with E-state index in [0.29, 0.717) is 18.4 Å². The Labute approximate surface area is 104 Å². The minimum Gasteiger partial charge on any atom is -0.507 e. The SMILES string of the molecule is O=C(O)Cc1cccc(C2(C(=O)O)CCC2)c1O. The number of carbonyl (C=O) groups is 2. The molecule has 3 N–H and O–H groups in total. The second-order valence-corrected chi connectivity index (χ2v) is 4.62. The molecule has 0 spiro atoms. The van der Waals surface area contributed by atoms with Crippen molar-refractivity contribution in [1.82, 2.24) is 0 Å². The largest absolute Gasteiger partial charge is 0.507 e. The number of hydrogen-bond donors (Lipinski definition) is 3. The van der Waals surface area contributed by atoms with E-state index in [2.05, 4.69) is 0 Å². The molecule has 1 aromatic rings. The summed E-state index contributed by atoms with van der Waals surface area (Å²) in [6.45, 7) is 0. The highest BCUT2D eigenvalue weighted by atomic mass is 16.4. The maximum atomic E-state index is 11.4. The number of aliphatic carboxylic acids is 2. The summed E-state index contributed by atoms with van der Waals surface area (Å²) in [7, 11) is 0. The summed E-state index contributed by atoms with van der Waals surface area (Å²) in [5.41, 5.74) is -0.453. The molecule has 1 saturated carbocycles. The molecule has 0 aromatic heterocycles. The van der Waals surface area contributed by atoms with Crippen molar-refractivity contribution in [2.24, 2.45) is 0 Å². The monoisotopic (exact) mass is 250 g/mol. The van der Waals surface area contributed by atoms with E-state index in [4.69, 9.17) is 5.11 Å². The first kappa shape index (κ1) is 12.4. The van der Waals surface area contributed by atoms with Crippen molar-refractivity contribution in [3.8, 4) is 5.75 Å². The fraction of sp³-hybridized carbons (Fsp3) is 0.385. The Hall–Kier alpha value is -2.04. The van der Waals surface area contributed by atoms with Crippen LogP contribution in [0.4, 0.5) is 0 Å². The maximum Gasteiger partial charge on any atom is 0.314 e. The van der Waals surface area contributed by atoms with E-state index in [9.17, 15) is 19.8 Å². The molecule has 0 amide bonds. The van der Waals surface area contributed by atoms with Gasteiger partial charge in [-0.05, 0) is 12.8 Å². The Balaban J connectivity index is 2.45. The number of aromatic hydroxyl groups is 1. The van der Waals surface area contributed by atoms with E-state index in [1.165, 1.54) is 6.07 Å². The minimum absolute atomic E-state index is 0.193. The summed E-state index contributed by atoms with van der Waals surface area (Å²) >= 11 is 0. The molecule has 0 atom stereocenters. The second-order valence-electron chi connectivity index (χ2n) is 4.62. The summed E-state index contributed by atoms with van der Waals surface area (Å²) in [5.74, 6) is -2.21. The van der Waals surface area contributed by atoms with Gasteiger partial charge in [0.25, 0.3) is 0 Å². The van der Waals surface area contributed by atoms with Gasteiger partial charge in [0, 0.05) is 11.1 Å². The summed E-state index contributed by atoms with van der Waals surface area (Å²) in [4.78, 5) is 22.0. The second kappa shape index (κ2) is 4.33. The van der Waals surface area contributed by atoms with Gasteiger partial charge in [-0.1, -0.05) is 24.6 Å². The van der Waals surface area contributed by atoms with Gasteiger partial charge in [0.05, 0.1) is 11.8 Å². The molecular weight excluding hydrogens is 236 g/mol. The summed E-state index contributed by atoms with van der Waals surface area (Å²) < 4.78 is 0. The van der Waals surface area contributed by atoms with Crippen molar-refractivity contribution in [1.29, 1.82) is 0 Å². The van der Waals surface area contributed by atoms with Crippen LogP contribution in [0.25, 0.3) is 0 Å². The average Bonchev–Trinajstić information content (AvgIpc) is 2.20. The summed E-state index contributed by atoms with van der Waals surface area (Å²) in [6.07, 6.45) is 1.45. The van der Waals surface area contributed by atoms with Crippen LogP contribution in [0, 0.1) is 0 Å². The molecule has 0 radical (unpaired) electrons. The zero-order valence-electron chi connectivity index (χ0n) is 9.72. The number of para-hydroxylation sites is 1. The number of benzene rings is 1. The predicted octanol–water partition coefficient (Wildman–Crippen LogP) is 1.53. The number of hydrogen-bond acceptors (Lipinski definition) is 3. The van der Waals surface area contributed by atoms with E-state index in [-0.39, 0.29) is 17.7 Å². The summed E-state index contributed by atoms with van der Waals surface area (Å²) in [6, 6.07) is 4.66. The number of phenolic OH excluding ortho intramolecular Hbond substituents is 1. The fourth-order valence-corrected chi connectivity index (χ4v) is 2.41. The topological polar surface area (TPSA) is 94.8 Å². The molecule has 0 bridgehead atoms. The molecule has 5 heteroatoms. The van der Waals surface area contributed by atoms with Gasteiger partial charge in [0.1, 0.15) is 5.75 Å². The quantitative estimate of drug-likeness (QED) is 0.753. The first-order valence-electron chi connectivity index (χ1n) is 5.74. The molecule has 2 rings (SSSR count). The first-order valence-corrected chi connectivity index (χ1v) is 5.74. The Morgan fingerprint density at radius 2 is 1.89 bits per heavy atom. The number of carboxylic acids is 2. The van der Waals surface area contributed by atoms with Gasteiger partial charge in [-0.2, -0.15) is 0 Å². The van der Waals surface area contributed by atoms with Gasteiger partial charge in [0.15, 0.2) is 0 Å². The van der Waals surface area contributed by atoms with E-state index >= 15 is 0 Å². The Morgan fingerprint density at radius 1 is 1.22 bits per heavy atom. The molecule has 1 fully saturated rings. The zero-order chi connectivity index (χ0) is 13.3. The van der Waals surface area contributed by atoms with Crippen molar-refractivity contribution >= 4 is 11.9 Å². The molecule has 1 aliphatic rings. The van der Waals surface area contributed by atoms with Crippen molar-refractivity contribution in [3.63, 3.8) is 0 Å². The summed E-state index contributed by atoms with van der Waals surface area (Å²) in [5, 5.41) is 28.1. The van der Waals surface area contributed by atoms with Crippen molar-refractivity contribution in [3.05, 3.63) is 29.3 Å². The molecule has 1 aliphatic carbocycles. The highest BCUT2D eigenvalue weighted by Gasteiger charge is 2.47. The van der Waals surface area contributed by atoms with Crippen LogP contribution in [0.15, 0.2) is 18.2 Å². The highest BCUT2D eigenvalue weighted by Crippen LogP contribution is 2.47. The lowest BCUT2D eigenvalue weighted by molar-refractivity contribution is -0.147. The lowest BCUT2D eigenvalue weighted by Crippen LogP contribution is -2.42. The fourth-order valence-electron chi connectivity index (χ4n) is 2.41. The number of carboxylic acid groups (broad SMARTS) is 2.